The molecule has 3 unspecified atom stereocenters. The van der Waals surface area contributed by atoms with Crippen LogP contribution in [0.25, 0.3) is 0 Å². The summed E-state index contributed by atoms with van der Waals surface area (Å²) < 4.78 is 0. The third kappa shape index (κ3) is 0.944. The van der Waals surface area contributed by atoms with Gasteiger partial charge in [-0.05, 0) is 57.3 Å². The predicted molar refractivity (Wildman–Crippen MR) is 49.1 cm³/mol. The number of fused-ring (bicyclic) bond motifs is 1. The molecule has 1 aliphatic carbocycles. The average Bonchev–Trinajstić information content (AvgIpc) is 2.48. The molecule has 0 radical (unpaired) electrons. The van der Waals surface area contributed by atoms with E-state index in [2.05, 4.69) is 10.2 Å². The monoisotopic (exact) mass is 166 g/mol. The van der Waals surface area contributed by atoms with Gasteiger partial charge in [0, 0.05) is 6.04 Å². The maximum absolute atomic E-state index is 3.53. The van der Waals surface area contributed by atoms with Crippen LogP contribution in [0, 0.1) is 11.8 Å². The second-order valence-corrected chi connectivity index (χ2v) is 4.62. The average molecular weight is 166 g/mol. The fourth-order valence-electron chi connectivity index (χ4n) is 3.24. The van der Waals surface area contributed by atoms with Gasteiger partial charge in [-0.15, -0.1) is 0 Å². The van der Waals surface area contributed by atoms with E-state index in [0.717, 1.165) is 17.9 Å². The van der Waals surface area contributed by atoms with E-state index >= 15 is 0 Å². The van der Waals surface area contributed by atoms with Crippen LogP contribution in [0.15, 0.2) is 0 Å². The summed E-state index contributed by atoms with van der Waals surface area (Å²) in [5, 5.41) is 3.53. The van der Waals surface area contributed by atoms with E-state index in [1.54, 1.807) is 0 Å². The highest BCUT2D eigenvalue weighted by Gasteiger charge is 2.42. The Bertz CT molecular complexity index is 177. The van der Waals surface area contributed by atoms with Gasteiger partial charge in [0.1, 0.15) is 0 Å². The summed E-state index contributed by atoms with van der Waals surface area (Å²) in [6.07, 6.45) is 4.41. The van der Waals surface area contributed by atoms with Crippen molar-refractivity contribution >= 4 is 0 Å². The van der Waals surface area contributed by atoms with Gasteiger partial charge in [-0.2, -0.15) is 0 Å². The molecule has 68 valence electrons. The lowest BCUT2D eigenvalue weighted by Crippen LogP contribution is -2.47. The Morgan fingerprint density at radius 1 is 1.08 bits per heavy atom. The van der Waals surface area contributed by atoms with Gasteiger partial charge in [0.15, 0.2) is 0 Å². The highest BCUT2D eigenvalue weighted by Crippen LogP contribution is 2.38. The molecule has 3 fully saturated rings. The van der Waals surface area contributed by atoms with Crippen LogP contribution < -0.4 is 5.32 Å². The molecule has 2 heteroatoms. The minimum atomic E-state index is 0.957. The van der Waals surface area contributed by atoms with E-state index in [-0.39, 0.29) is 0 Å². The summed E-state index contributed by atoms with van der Waals surface area (Å²) in [4.78, 5) is 2.71. The second kappa shape index (κ2) is 2.71. The van der Waals surface area contributed by atoms with E-state index in [0.29, 0.717) is 0 Å². The van der Waals surface area contributed by atoms with Crippen molar-refractivity contribution in [1.82, 2.24) is 10.2 Å². The number of hydrogen-bond donors (Lipinski definition) is 1. The maximum atomic E-state index is 3.53. The van der Waals surface area contributed by atoms with Crippen molar-refractivity contribution in [2.24, 2.45) is 11.8 Å². The number of rotatable bonds is 1. The van der Waals surface area contributed by atoms with Crippen LogP contribution in [0.1, 0.15) is 19.3 Å². The Balaban J connectivity index is 1.70. The largest absolute Gasteiger partial charge is 0.316 e. The standard InChI is InChI=1S/C10H18N2/c1-4-12(5-1)10-3-2-8-6-11-7-9(8)10/h8-11H,1-7H2. The van der Waals surface area contributed by atoms with Crippen molar-refractivity contribution in [2.75, 3.05) is 26.2 Å². The Morgan fingerprint density at radius 3 is 2.75 bits per heavy atom. The molecule has 0 aromatic rings. The van der Waals surface area contributed by atoms with E-state index in [1.807, 2.05) is 0 Å². The lowest BCUT2D eigenvalue weighted by Gasteiger charge is -2.39. The zero-order chi connectivity index (χ0) is 7.97. The summed E-state index contributed by atoms with van der Waals surface area (Å²) in [5.74, 6) is 2.03. The summed E-state index contributed by atoms with van der Waals surface area (Å²) in [6.45, 7) is 5.36. The number of likely N-dealkylation sites (tertiary alicyclic amines) is 1. The molecular weight excluding hydrogens is 148 g/mol. The van der Waals surface area contributed by atoms with Gasteiger partial charge in [0.2, 0.25) is 0 Å². The van der Waals surface area contributed by atoms with Crippen LogP contribution >= 0.6 is 0 Å². The number of nitrogens with zero attached hydrogens (tertiary/aromatic N) is 1. The molecular formula is C10H18N2. The molecule has 2 saturated heterocycles. The molecule has 0 aromatic heterocycles. The summed E-state index contributed by atoms with van der Waals surface area (Å²) in [6, 6.07) is 0.957. The molecule has 2 heterocycles. The SMILES string of the molecule is C1CN(C2CCC3CNCC32)C1. The number of nitrogens with one attached hydrogen (secondary N) is 1. The molecule has 1 N–H and O–H groups in total. The van der Waals surface area contributed by atoms with E-state index < -0.39 is 0 Å². The third-order valence-corrected chi connectivity index (χ3v) is 4.08. The number of hydrogen-bond acceptors (Lipinski definition) is 2. The molecule has 0 spiro atoms. The lowest BCUT2D eigenvalue weighted by molar-refractivity contribution is 0.0921. The Labute approximate surface area is 74.3 Å². The molecule has 12 heavy (non-hydrogen) atoms. The van der Waals surface area contributed by atoms with E-state index in [9.17, 15) is 0 Å². The van der Waals surface area contributed by atoms with Crippen LogP contribution in [0.4, 0.5) is 0 Å². The third-order valence-electron chi connectivity index (χ3n) is 4.08. The molecule has 3 rings (SSSR count). The van der Waals surface area contributed by atoms with Crippen molar-refractivity contribution in [3.63, 3.8) is 0 Å². The van der Waals surface area contributed by atoms with Crippen LogP contribution in [0.2, 0.25) is 0 Å². The minimum absolute atomic E-state index is 0.957. The van der Waals surface area contributed by atoms with Gasteiger partial charge in [0.05, 0.1) is 0 Å². The Kier molecular flexibility index (Phi) is 1.66. The van der Waals surface area contributed by atoms with Crippen molar-refractivity contribution in [1.29, 1.82) is 0 Å². The van der Waals surface area contributed by atoms with Gasteiger partial charge in [0.25, 0.3) is 0 Å². The highest BCUT2D eigenvalue weighted by atomic mass is 15.2. The van der Waals surface area contributed by atoms with Crippen molar-refractivity contribution in [3.8, 4) is 0 Å². The summed E-state index contributed by atoms with van der Waals surface area (Å²) in [7, 11) is 0. The summed E-state index contributed by atoms with van der Waals surface area (Å²) in [5.41, 5.74) is 0. The molecule has 0 bridgehead atoms. The second-order valence-electron chi connectivity index (χ2n) is 4.62. The lowest BCUT2D eigenvalue weighted by atomic mass is 9.95. The quantitative estimate of drug-likeness (QED) is 0.616. The van der Waals surface area contributed by atoms with Crippen LogP contribution in [-0.4, -0.2) is 37.1 Å². The first kappa shape index (κ1) is 7.34. The van der Waals surface area contributed by atoms with Crippen LogP contribution in [0.5, 0.6) is 0 Å². The highest BCUT2D eigenvalue weighted by molar-refractivity contribution is 4.98. The molecule has 2 nitrogen and oxygen atoms in total. The van der Waals surface area contributed by atoms with Crippen molar-refractivity contribution < 1.29 is 0 Å². The normalized spacial score (nSPS) is 47.5. The molecule has 2 aliphatic heterocycles. The van der Waals surface area contributed by atoms with Gasteiger partial charge in [-0.1, -0.05) is 0 Å². The zero-order valence-corrected chi connectivity index (χ0v) is 7.63. The molecule has 3 atom stereocenters. The zero-order valence-electron chi connectivity index (χ0n) is 7.63. The Hall–Kier alpha value is -0.0800. The molecule has 0 aromatic carbocycles. The van der Waals surface area contributed by atoms with Crippen molar-refractivity contribution in [2.45, 2.75) is 25.3 Å². The van der Waals surface area contributed by atoms with Crippen LogP contribution in [0.3, 0.4) is 0 Å². The molecule has 0 amide bonds. The topological polar surface area (TPSA) is 15.3 Å². The van der Waals surface area contributed by atoms with E-state index in [1.165, 1.54) is 45.4 Å². The van der Waals surface area contributed by atoms with Gasteiger partial charge in [-0.3, -0.25) is 4.90 Å². The van der Waals surface area contributed by atoms with Crippen LogP contribution in [-0.2, 0) is 0 Å². The van der Waals surface area contributed by atoms with Gasteiger partial charge >= 0.3 is 0 Å². The van der Waals surface area contributed by atoms with Gasteiger partial charge in [-0.25, -0.2) is 0 Å². The minimum Gasteiger partial charge on any atom is -0.316 e. The fourth-order valence-corrected chi connectivity index (χ4v) is 3.24. The maximum Gasteiger partial charge on any atom is 0.0139 e. The predicted octanol–water partition coefficient (Wildman–Crippen LogP) is 0.690. The van der Waals surface area contributed by atoms with Crippen molar-refractivity contribution in [3.05, 3.63) is 0 Å². The first-order valence-corrected chi connectivity index (χ1v) is 5.40. The fraction of sp³-hybridized carbons (Fsp3) is 1.00. The smallest absolute Gasteiger partial charge is 0.0139 e. The first-order chi connectivity index (χ1) is 5.95. The van der Waals surface area contributed by atoms with E-state index in [4.69, 9.17) is 0 Å². The first-order valence-electron chi connectivity index (χ1n) is 5.40. The molecule has 1 saturated carbocycles. The van der Waals surface area contributed by atoms with Gasteiger partial charge < -0.3 is 5.32 Å². The summed E-state index contributed by atoms with van der Waals surface area (Å²) >= 11 is 0. The molecule has 3 aliphatic rings. The Morgan fingerprint density at radius 2 is 2.00 bits per heavy atom.